The number of ether oxygens (including phenoxy) is 1. The van der Waals surface area contributed by atoms with Crippen LogP contribution in [-0.4, -0.2) is 13.1 Å². The van der Waals surface area contributed by atoms with Gasteiger partial charge < -0.3 is 4.74 Å². The number of carbonyl (C=O) groups is 1. The van der Waals surface area contributed by atoms with Gasteiger partial charge in [-0.2, -0.15) is 0 Å². The van der Waals surface area contributed by atoms with E-state index in [1.807, 2.05) is 12.1 Å². The van der Waals surface area contributed by atoms with Crippen molar-refractivity contribution < 1.29 is 9.53 Å². The molecule has 0 aliphatic heterocycles. The molecule has 3 rings (SSSR count). The Morgan fingerprint density at radius 3 is 2.18 bits per heavy atom. The molecule has 2 heteroatoms. The highest BCUT2D eigenvalue weighted by molar-refractivity contribution is 5.89. The molecule has 1 aliphatic carbocycles. The van der Waals surface area contributed by atoms with Crippen LogP contribution in [0.4, 0.5) is 0 Å². The van der Waals surface area contributed by atoms with Gasteiger partial charge in [-0.15, -0.1) is 0 Å². The highest BCUT2D eigenvalue weighted by Crippen LogP contribution is 2.46. The van der Waals surface area contributed by atoms with E-state index in [2.05, 4.69) is 65.0 Å². The summed E-state index contributed by atoms with van der Waals surface area (Å²) in [5.41, 5.74) is 6.50. The lowest BCUT2D eigenvalue weighted by Crippen LogP contribution is -2.33. The number of hydrogen-bond donors (Lipinski definition) is 0. The molecule has 0 heterocycles. The maximum Gasteiger partial charge on any atom is 0.337 e. The summed E-state index contributed by atoms with van der Waals surface area (Å²) in [5, 5.41) is 0. The zero-order valence-electron chi connectivity index (χ0n) is 18.0. The Hall–Kier alpha value is -2.35. The number of esters is 1. The summed E-state index contributed by atoms with van der Waals surface area (Å²) in [5.74, 6) is 0.0231. The molecule has 2 nitrogen and oxygen atoms in total. The first-order valence-electron chi connectivity index (χ1n) is 10.2. The van der Waals surface area contributed by atoms with Crippen molar-refractivity contribution >= 4 is 12.0 Å². The third-order valence-electron chi connectivity index (χ3n) is 6.31. The quantitative estimate of drug-likeness (QED) is 0.559. The summed E-state index contributed by atoms with van der Waals surface area (Å²) in [7, 11) is 1.40. The SMILES string of the molecule is COC(=O)c1ccc(/C=C/C(C)c2ccc3c(c2)C(C)(C)CCC3(C)C)cc1. The fraction of sp³-hybridized carbons (Fsp3) is 0.423. The summed E-state index contributed by atoms with van der Waals surface area (Å²) in [6.07, 6.45) is 6.83. The van der Waals surface area contributed by atoms with Crippen LogP contribution in [-0.2, 0) is 15.6 Å². The second-order valence-electron chi connectivity index (χ2n) is 9.33. The first-order valence-corrected chi connectivity index (χ1v) is 10.2. The van der Waals surface area contributed by atoms with Gasteiger partial charge in [0.05, 0.1) is 12.7 Å². The van der Waals surface area contributed by atoms with Crippen molar-refractivity contribution in [2.45, 2.75) is 64.2 Å². The Labute approximate surface area is 169 Å². The van der Waals surface area contributed by atoms with Crippen LogP contribution in [0.3, 0.4) is 0 Å². The minimum absolute atomic E-state index is 0.230. The molecule has 0 bridgehead atoms. The van der Waals surface area contributed by atoms with Crippen LogP contribution >= 0.6 is 0 Å². The van der Waals surface area contributed by atoms with E-state index in [1.165, 1.54) is 36.6 Å². The van der Waals surface area contributed by atoms with E-state index in [0.717, 1.165) is 5.56 Å². The molecule has 0 amide bonds. The van der Waals surface area contributed by atoms with E-state index >= 15 is 0 Å². The molecular formula is C26H32O2. The van der Waals surface area contributed by atoms with Gasteiger partial charge in [0, 0.05) is 0 Å². The Morgan fingerprint density at radius 2 is 1.57 bits per heavy atom. The monoisotopic (exact) mass is 376 g/mol. The Bertz CT molecular complexity index is 885. The van der Waals surface area contributed by atoms with Crippen LogP contribution in [0.2, 0.25) is 0 Å². The highest BCUT2D eigenvalue weighted by Gasteiger charge is 2.37. The van der Waals surface area contributed by atoms with Gasteiger partial charge in [-0.1, -0.05) is 77.1 Å². The lowest BCUT2D eigenvalue weighted by Gasteiger charge is -2.42. The van der Waals surface area contributed by atoms with E-state index in [1.54, 1.807) is 12.1 Å². The summed E-state index contributed by atoms with van der Waals surface area (Å²) in [6, 6.07) is 14.6. The zero-order valence-corrected chi connectivity index (χ0v) is 18.0. The Balaban J connectivity index is 1.82. The number of benzene rings is 2. The maximum atomic E-state index is 11.6. The zero-order chi connectivity index (χ0) is 20.5. The summed E-state index contributed by atoms with van der Waals surface area (Å²) >= 11 is 0. The van der Waals surface area contributed by atoms with E-state index in [-0.39, 0.29) is 16.8 Å². The van der Waals surface area contributed by atoms with Gasteiger partial charge in [0.15, 0.2) is 0 Å². The number of methoxy groups -OCH3 is 1. The van der Waals surface area contributed by atoms with Crippen molar-refractivity contribution in [1.82, 2.24) is 0 Å². The normalized spacial score (nSPS) is 18.5. The first-order chi connectivity index (χ1) is 13.1. The predicted octanol–water partition coefficient (Wildman–Crippen LogP) is 6.64. The third kappa shape index (κ3) is 4.06. The topological polar surface area (TPSA) is 26.3 Å². The first kappa shape index (κ1) is 20.4. The van der Waals surface area contributed by atoms with Gasteiger partial charge in [-0.3, -0.25) is 0 Å². The van der Waals surface area contributed by atoms with Crippen molar-refractivity contribution in [3.05, 3.63) is 76.4 Å². The molecule has 28 heavy (non-hydrogen) atoms. The second-order valence-corrected chi connectivity index (χ2v) is 9.33. The average Bonchev–Trinajstić information content (AvgIpc) is 2.69. The summed E-state index contributed by atoms with van der Waals surface area (Å²) in [6.45, 7) is 11.7. The lowest BCUT2D eigenvalue weighted by molar-refractivity contribution is 0.0600. The lowest BCUT2D eigenvalue weighted by atomic mass is 9.63. The molecule has 0 saturated carbocycles. The number of rotatable bonds is 4. The maximum absolute atomic E-state index is 11.6. The Morgan fingerprint density at radius 1 is 0.964 bits per heavy atom. The third-order valence-corrected chi connectivity index (χ3v) is 6.31. The molecule has 0 fully saturated rings. The van der Waals surface area contributed by atoms with Crippen molar-refractivity contribution in [1.29, 1.82) is 0 Å². The van der Waals surface area contributed by atoms with Crippen LogP contribution in [0.15, 0.2) is 48.5 Å². The fourth-order valence-corrected chi connectivity index (χ4v) is 4.10. The Kier molecular flexibility index (Phi) is 5.52. The molecule has 0 aromatic heterocycles. The van der Waals surface area contributed by atoms with Crippen molar-refractivity contribution in [2.75, 3.05) is 7.11 Å². The number of hydrogen-bond acceptors (Lipinski definition) is 2. The molecule has 1 unspecified atom stereocenters. The minimum atomic E-state index is -0.302. The van der Waals surface area contributed by atoms with Crippen LogP contribution in [0.25, 0.3) is 6.08 Å². The molecule has 2 aromatic rings. The van der Waals surface area contributed by atoms with Crippen LogP contribution in [0.1, 0.15) is 86.0 Å². The van der Waals surface area contributed by atoms with Crippen LogP contribution < -0.4 is 0 Å². The summed E-state index contributed by atoms with van der Waals surface area (Å²) < 4.78 is 4.75. The largest absolute Gasteiger partial charge is 0.465 e. The van der Waals surface area contributed by atoms with Gasteiger partial charge in [-0.25, -0.2) is 4.79 Å². The van der Waals surface area contributed by atoms with Crippen molar-refractivity contribution in [3.63, 3.8) is 0 Å². The van der Waals surface area contributed by atoms with Gasteiger partial charge in [0.2, 0.25) is 0 Å². The molecule has 1 atom stereocenters. The molecule has 2 aromatic carbocycles. The smallest absolute Gasteiger partial charge is 0.337 e. The predicted molar refractivity (Wildman–Crippen MR) is 117 cm³/mol. The second kappa shape index (κ2) is 7.58. The van der Waals surface area contributed by atoms with Gasteiger partial charge in [0.1, 0.15) is 0 Å². The number of fused-ring (bicyclic) bond motifs is 1. The van der Waals surface area contributed by atoms with Crippen LogP contribution in [0.5, 0.6) is 0 Å². The van der Waals surface area contributed by atoms with Gasteiger partial charge in [0.25, 0.3) is 0 Å². The molecule has 148 valence electrons. The molecular weight excluding hydrogens is 344 g/mol. The van der Waals surface area contributed by atoms with Gasteiger partial charge >= 0.3 is 5.97 Å². The number of carbonyl (C=O) groups excluding carboxylic acids is 1. The van der Waals surface area contributed by atoms with E-state index in [9.17, 15) is 4.79 Å². The molecule has 0 saturated heterocycles. The van der Waals surface area contributed by atoms with Crippen molar-refractivity contribution in [3.8, 4) is 0 Å². The average molecular weight is 377 g/mol. The minimum Gasteiger partial charge on any atom is -0.465 e. The van der Waals surface area contributed by atoms with Crippen LogP contribution in [0, 0.1) is 0 Å². The number of allylic oxidation sites excluding steroid dienone is 1. The van der Waals surface area contributed by atoms with Crippen molar-refractivity contribution in [2.24, 2.45) is 0 Å². The highest BCUT2D eigenvalue weighted by atomic mass is 16.5. The molecule has 1 aliphatic rings. The van der Waals surface area contributed by atoms with Gasteiger partial charge in [-0.05, 0) is 64.0 Å². The fourth-order valence-electron chi connectivity index (χ4n) is 4.10. The van der Waals surface area contributed by atoms with E-state index in [4.69, 9.17) is 4.74 Å². The van der Waals surface area contributed by atoms with E-state index < -0.39 is 0 Å². The van der Waals surface area contributed by atoms with E-state index in [0.29, 0.717) is 11.5 Å². The molecule has 0 spiro atoms. The standard InChI is InChI=1S/C26H32O2/c1-18(7-8-19-9-11-20(12-10-19)24(27)28-6)21-13-14-22-23(17-21)26(4,5)16-15-25(22,2)3/h7-14,17-18H,15-16H2,1-6H3/b8-7+. The summed E-state index contributed by atoms with van der Waals surface area (Å²) in [4.78, 5) is 11.6. The molecule has 0 N–H and O–H groups in total. The molecule has 0 radical (unpaired) electrons.